The molecule has 0 aliphatic carbocycles. The van der Waals surface area contributed by atoms with E-state index in [2.05, 4.69) is 43.8 Å². The smallest absolute Gasteiger partial charge is 0.132 e. The number of nitrogens with zero attached hydrogens (tertiary/aromatic N) is 3. The van der Waals surface area contributed by atoms with E-state index in [9.17, 15) is 0 Å². The molecular formula is C12H18BrN3. The van der Waals surface area contributed by atoms with E-state index in [0.717, 1.165) is 48.7 Å². The molecule has 0 amide bonds. The first kappa shape index (κ1) is 11.8. The van der Waals surface area contributed by atoms with Crippen molar-refractivity contribution in [2.75, 3.05) is 23.3 Å². The van der Waals surface area contributed by atoms with Crippen LogP contribution >= 0.6 is 15.9 Å². The van der Waals surface area contributed by atoms with Crippen molar-refractivity contribution in [3.8, 4) is 0 Å². The van der Waals surface area contributed by atoms with Gasteiger partial charge >= 0.3 is 0 Å². The fourth-order valence-electron chi connectivity index (χ4n) is 2.12. The minimum Gasteiger partial charge on any atom is -0.356 e. The van der Waals surface area contributed by atoms with Crippen LogP contribution in [-0.4, -0.2) is 28.4 Å². The van der Waals surface area contributed by atoms with Crippen molar-refractivity contribution in [1.29, 1.82) is 0 Å². The van der Waals surface area contributed by atoms with Gasteiger partial charge in [-0.15, -0.1) is 0 Å². The predicted molar refractivity (Wildman–Crippen MR) is 70.1 cm³/mol. The van der Waals surface area contributed by atoms with Crippen molar-refractivity contribution < 1.29 is 0 Å². The summed E-state index contributed by atoms with van der Waals surface area (Å²) in [6.45, 7) is 4.42. The van der Waals surface area contributed by atoms with Gasteiger partial charge in [-0.05, 0) is 18.8 Å². The van der Waals surface area contributed by atoms with E-state index in [1.807, 2.05) is 0 Å². The van der Waals surface area contributed by atoms with Gasteiger partial charge in [0.25, 0.3) is 0 Å². The van der Waals surface area contributed by atoms with E-state index in [-0.39, 0.29) is 0 Å². The van der Waals surface area contributed by atoms with Crippen LogP contribution in [0.3, 0.4) is 0 Å². The van der Waals surface area contributed by atoms with E-state index in [0.29, 0.717) is 0 Å². The van der Waals surface area contributed by atoms with Gasteiger partial charge in [0.15, 0.2) is 0 Å². The normalized spacial score (nSPS) is 20.4. The molecule has 1 aromatic heterocycles. The molecule has 1 aliphatic heterocycles. The molecule has 3 nitrogen and oxygen atoms in total. The van der Waals surface area contributed by atoms with Crippen molar-refractivity contribution >= 4 is 21.7 Å². The summed E-state index contributed by atoms with van der Waals surface area (Å²) in [7, 11) is 0. The lowest BCUT2D eigenvalue weighted by Gasteiger charge is -2.17. The van der Waals surface area contributed by atoms with Crippen LogP contribution in [0.1, 0.15) is 25.5 Å². The molecule has 2 heterocycles. The number of hydrogen-bond donors (Lipinski definition) is 0. The van der Waals surface area contributed by atoms with Gasteiger partial charge in [0.2, 0.25) is 0 Å². The van der Waals surface area contributed by atoms with Crippen molar-refractivity contribution in [3.63, 3.8) is 0 Å². The van der Waals surface area contributed by atoms with Crippen LogP contribution in [0.5, 0.6) is 0 Å². The van der Waals surface area contributed by atoms with Crippen LogP contribution < -0.4 is 4.90 Å². The molecule has 1 unspecified atom stereocenters. The maximum Gasteiger partial charge on any atom is 0.132 e. The Morgan fingerprint density at radius 3 is 3.06 bits per heavy atom. The molecule has 0 aromatic carbocycles. The van der Waals surface area contributed by atoms with Crippen molar-refractivity contribution in [2.24, 2.45) is 5.92 Å². The van der Waals surface area contributed by atoms with E-state index in [1.165, 1.54) is 6.42 Å². The van der Waals surface area contributed by atoms with Crippen LogP contribution in [0.25, 0.3) is 0 Å². The first-order valence-corrected chi connectivity index (χ1v) is 7.07. The second kappa shape index (κ2) is 5.62. The average molecular weight is 284 g/mol. The number of aromatic nitrogens is 2. The van der Waals surface area contributed by atoms with E-state index in [4.69, 9.17) is 0 Å². The first-order valence-electron chi connectivity index (χ1n) is 5.95. The molecule has 0 N–H and O–H groups in total. The van der Waals surface area contributed by atoms with E-state index < -0.39 is 0 Å². The third-order valence-electron chi connectivity index (χ3n) is 3.04. The number of halogens is 1. The summed E-state index contributed by atoms with van der Waals surface area (Å²) in [6.07, 6.45) is 5.14. The molecule has 16 heavy (non-hydrogen) atoms. The Morgan fingerprint density at radius 2 is 2.38 bits per heavy atom. The predicted octanol–water partition coefficient (Wildman–Crippen LogP) is 2.65. The molecule has 1 aromatic rings. The Bertz CT molecular complexity index is 343. The SMILES string of the molecule is CCCc1cc(N2CCC(CBr)C2)ncn1. The van der Waals surface area contributed by atoms with Gasteiger partial charge < -0.3 is 4.90 Å². The van der Waals surface area contributed by atoms with Gasteiger partial charge in [-0.1, -0.05) is 29.3 Å². The second-order valence-electron chi connectivity index (χ2n) is 4.37. The van der Waals surface area contributed by atoms with Crippen molar-refractivity contribution in [3.05, 3.63) is 18.1 Å². The monoisotopic (exact) mass is 283 g/mol. The fourth-order valence-corrected chi connectivity index (χ4v) is 2.65. The Labute approximate surface area is 105 Å². The van der Waals surface area contributed by atoms with Gasteiger partial charge in [-0.2, -0.15) is 0 Å². The Hall–Kier alpha value is -0.640. The summed E-state index contributed by atoms with van der Waals surface area (Å²) in [6, 6.07) is 2.14. The minimum atomic E-state index is 0.768. The van der Waals surface area contributed by atoms with Gasteiger partial charge in [-0.25, -0.2) is 9.97 Å². The molecule has 0 saturated carbocycles. The topological polar surface area (TPSA) is 29.0 Å². The highest BCUT2D eigenvalue weighted by atomic mass is 79.9. The molecule has 0 spiro atoms. The summed E-state index contributed by atoms with van der Waals surface area (Å²) in [5.41, 5.74) is 1.16. The van der Waals surface area contributed by atoms with Crippen molar-refractivity contribution in [2.45, 2.75) is 26.2 Å². The maximum atomic E-state index is 4.37. The Balaban J connectivity index is 2.06. The Morgan fingerprint density at radius 1 is 1.50 bits per heavy atom. The van der Waals surface area contributed by atoms with Crippen LogP contribution in [-0.2, 0) is 6.42 Å². The van der Waals surface area contributed by atoms with Gasteiger partial charge in [0, 0.05) is 30.2 Å². The molecule has 0 bridgehead atoms. The molecule has 1 atom stereocenters. The quantitative estimate of drug-likeness (QED) is 0.796. The fraction of sp³-hybridized carbons (Fsp3) is 0.667. The van der Waals surface area contributed by atoms with Crippen molar-refractivity contribution in [1.82, 2.24) is 9.97 Å². The summed E-state index contributed by atoms with van der Waals surface area (Å²) in [5.74, 6) is 1.87. The minimum absolute atomic E-state index is 0.768. The first-order chi connectivity index (χ1) is 7.83. The second-order valence-corrected chi connectivity index (χ2v) is 5.02. The zero-order valence-electron chi connectivity index (χ0n) is 9.69. The number of aryl methyl sites for hydroxylation is 1. The van der Waals surface area contributed by atoms with Crippen LogP contribution in [0.2, 0.25) is 0 Å². The lowest BCUT2D eigenvalue weighted by atomic mass is 10.2. The van der Waals surface area contributed by atoms with Crippen LogP contribution in [0.4, 0.5) is 5.82 Å². The standard InChI is InChI=1S/C12H18BrN3/c1-2-3-11-6-12(15-9-14-11)16-5-4-10(7-13)8-16/h6,9-10H,2-5,7-8H2,1H3. The molecule has 1 saturated heterocycles. The zero-order valence-corrected chi connectivity index (χ0v) is 11.3. The molecule has 4 heteroatoms. The van der Waals surface area contributed by atoms with E-state index in [1.54, 1.807) is 6.33 Å². The number of alkyl halides is 1. The van der Waals surface area contributed by atoms with Gasteiger partial charge in [-0.3, -0.25) is 0 Å². The summed E-state index contributed by atoms with van der Waals surface area (Å²) < 4.78 is 0. The molecule has 1 aliphatic rings. The molecular weight excluding hydrogens is 266 g/mol. The molecule has 0 radical (unpaired) electrons. The molecule has 88 valence electrons. The number of hydrogen-bond acceptors (Lipinski definition) is 3. The molecule has 1 fully saturated rings. The Kier molecular flexibility index (Phi) is 4.16. The van der Waals surface area contributed by atoms with E-state index >= 15 is 0 Å². The van der Waals surface area contributed by atoms with Gasteiger partial charge in [0.05, 0.1) is 0 Å². The summed E-state index contributed by atoms with van der Waals surface area (Å²) in [4.78, 5) is 11.0. The largest absolute Gasteiger partial charge is 0.356 e. The highest BCUT2D eigenvalue weighted by Crippen LogP contribution is 2.23. The summed E-state index contributed by atoms with van der Waals surface area (Å²) in [5, 5.41) is 1.09. The van der Waals surface area contributed by atoms with Crippen LogP contribution in [0.15, 0.2) is 12.4 Å². The molecule has 2 rings (SSSR count). The highest BCUT2D eigenvalue weighted by Gasteiger charge is 2.22. The number of anilines is 1. The lowest BCUT2D eigenvalue weighted by Crippen LogP contribution is -2.21. The third kappa shape index (κ3) is 2.73. The zero-order chi connectivity index (χ0) is 11.4. The summed E-state index contributed by atoms with van der Waals surface area (Å²) >= 11 is 3.56. The van der Waals surface area contributed by atoms with Gasteiger partial charge in [0.1, 0.15) is 12.1 Å². The maximum absolute atomic E-state index is 4.37. The highest BCUT2D eigenvalue weighted by molar-refractivity contribution is 9.09. The van der Waals surface area contributed by atoms with Crippen LogP contribution in [0, 0.1) is 5.92 Å². The number of rotatable bonds is 4. The lowest BCUT2D eigenvalue weighted by molar-refractivity contribution is 0.675. The average Bonchev–Trinajstić information content (AvgIpc) is 2.78. The third-order valence-corrected chi connectivity index (χ3v) is 3.96.